The summed E-state index contributed by atoms with van der Waals surface area (Å²) in [4.78, 5) is 23.9. The fraction of sp³-hybridized carbons (Fsp3) is 0.222. The number of methoxy groups -OCH3 is 1. The van der Waals surface area contributed by atoms with E-state index >= 15 is 0 Å². The first-order valence-electron chi connectivity index (χ1n) is 7.98. The number of ether oxygens (including phenoxy) is 1. The molecule has 0 spiro atoms. The van der Waals surface area contributed by atoms with Crippen LogP contribution in [0.5, 0.6) is 0 Å². The molecule has 0 aliphatic heterocycles. The maximum atomic E-state index is 13.5. The summed E-state index contributed by atoms with van der Waals surface area (Å²) < 4.78 is 56.3. The lowest BCUT2D eigenvalue weighted by Gasteiger charge is -2.28. The number of carbonyl (C=O) groups is 2. The summed E-state index contributed by atoms with van der Waals surface area (Å²) in [5.74, 6) is -3.63. The Labute approximate surface area is 161 Å². The number of anilines is 2. The van der Waals surface area contributed by atoms with Gasteiger partial charge in [-0.05, 0) is 43.3 Å². The van der Waals surface area contributed by atoms with Crippen LogP contribution in [0.25, 0.3) is 0 Å². The molecule has 150 valence electrons. The number of carbonyl (C=O) groups excluding carboxylic acids is 2. The summed E-state index contributed by atoms with van der Waals surface area (Å²) in [5, 5.41) is 2.51. The molecule has 1 atom stereocenters. The largest absolute Gasteiger partial charge is 0.465 e. The van der Waals surface area contributed by atoms with Gasteiger partial charge >= 0.3 is 5.97 Å². The third-order valence-corrected chi connectivity index (χ3v) is 5.06. The van der Waals surface area contributed by atoms with Gasteiger partial charge in [-0.1, -0.05) is 0 Å². The predicted octanol–water partition coefficient (Wildman–Crippen LogP) is 2.54. The number of hydrogen-bond acceptors (Lipinski definition) is 5. The maximum Gasteiger partial charge on any atom is 0.337 e. The summed E-state index contributed by atoms with van der Waals surface area (Å²) in [7, 11) is -2.75. The van der Waals surface area contributed by atoms with Crippen molar-refractivity contribution in [3.05, 3.63) is 59.7 Å². The molecule has 0 saturated heterocycles. The molecule has 2 aromatic carbocycles. The van der Waals surface area contributed by atoms with Gasteiger partial charge in [0, 0.05) is 11.8 Å². The monoisotopic (exact) mass is 412 g/mol. The Morgan fingerprint density at radius 1 is 1.07 bits per heavy atom. The molecule has 0 aliphatic rings. The molecule has 7 nitrogen and oxygen atoms in total. The van der Waals surface area contributed by atoms with E-state index in [1.807, 2.05) is 0 Å². The van der Waals surface area contributed by atoms with Crippen molar-refractivity contribution in [2.24, 2.45) is 0 Å². The quantitative estimate of drug-likeness (QED) is 0.736. The first-order valence-corrected chi connectivity index (χ1v) is 9.83. The van der Waals surface area contributed by atoms with Crippen molar-refractivity contribution in [3.8, 4) is 0 Å². The third kappa shape index (κ3) is 4.83. The molecule has 2 aromatic rings. The molecular formula is C18H18F2N2O5S. The van der Waals surface area contributed by atoms with E-state index in [2.05, 4.69) is 10.1 Å². The number of sulfonamides is 1. The zero-order valence-electron chi connectivity index (χ0n) is 15.3. The molecule has 0 radical (unpaired) electrons. The molecule has 0 bridgehead atoms. The van der Waals surface area contributed by atoms with Crippen LogP contribution >= 0.6 is 0 Å². The molecule has 0 saturated carbocycles. The first kappa shape index (κ1) is 21.3. The minimum absolute atomic E-state index is 0.190. The van der Waals surface area contributed by atoms with Gasteiger partial charge in [0.25, 0.3) is 0 Å². The Bertz CT molecular complexity index is 994. The lowest BCUT2D eigenvalue weighted by molar-refractivity contribution is -0.116. The van der Waals surface area contributed by atoms with E-state index in [-0.39, 0.29) is 11.3 Å². The fourth-order valence-electron chi connectivity index (χ4n) is 2.49. The Hall–Kier alpha value is -3.01. The lowest BCUT2D eigenvalue weighted by atomic mass is 10.2. The van der Waals surface area contributed by atoms with Crippen molar-refractivity contribution in [1.29, 1.82) is 0 Å². The van der Waals surface area contributed by atoms with E-state index in [9.17, 15) is 26.8 Å². The van der Waals surface area contributed by atoms with Crippen LogP contribution in [-0.4, -0.2) is 39.7 Å². The summed E-state index contributed by atoms with van der Waals surface area (Å²) in [6.07, 6.45) is 0.850. The summed E-state index contributed by atoms with van der Waals surface area (Å²) >= 11 is 0. The van der Waals surface area contributed by atoms with Crippen molar-refractivity contribution < 1.29 is 31.5 Å². The number of halogens is 2. The molecule has 1 amide bonds. The van der Waals surface area contributed by atoms with Gasteiger partial charge in [0.05, 0.1) is 24.6 Å². The van der Waals surface area contributed by atoms with Gasteiger partial charge in [-0.3, -0.25) is 9.10 Å². The van der Waals surface area contributed by atoms with E-state index in [1.165, 1.54) is 38.3 Å². The summed E-state index contributed by atoms with van der Waals surface area (Å²) in [5.41, 5.74) is 0.390. The molecule has 0 unspecified atom stereocenters. The van der Waals surface area contributed by atoms with Gasteiger partial charge in [0.15, 0.2) is 11.6 Å². The Kier molecular flexibility index (Phi) is 6.34. The highest BCUT2D eigenvalue weighted by Crippen LogP contribution is 2.24. The zero-order valence-corrected chi connectivity index (χ0v) is 16.1. The fourth-order valence-corrected chi connectivity index (χ4v) is 3.65. The Morgan fingerprint density at radius 2 is 1.68 bits per heavy atom. The standard InChI is InChI=1S/C18H18F2N2O5S/c1-11(17(23)21-13-6-4-12(5-7-13)18(24)27-2)22(28(3,25)26)14-8-9-15(19)16(20)10-14/h4-11H,1-3H3,(H,21,23)/t11-/m0/s1. The SMILES string of the molecule is COC(=O)c1ccc(NC(=O)[C@H](C)N(c2ccc(F)c(F)c2)S(C)(=O)=O)cc1. The molecule has 0 fully saturated rings. The van der Waals surface area contributed by atoms with Gasteiger partial charge in [-0.25, -0.2) is 22.0 Å². The minimum Gasteiger partial charge on any atom is -0.465 e. The van der Waals surface area contributed by atoms with Crippen LogP contribution in [0.3, 0.4) is 0 Å². The van der Waals surface area contributed by atoms with Crippen molar-refractivity contribution in [1.82, 2.24) is 0 Å². The minimum atomic E-state index is -3.98. The highest BCUT2D eigenvalue weighted by atomic mass is 32.2. The molecule has 0 heterocycles. The average molecular weight is 412 g/mol. The van der Waals surface area contributed by atoms with Gasteiger partial charge in [-0.15, -0.1) is 0 Å². The van der Waals surface area contributed by atoms with E-state index < -0.39 is 39.6 Å². The lowest BCUT2D eigenvalue weighted by Crippen LogP contribution is -2.45. The second-order valence-electron chi connectivity index (χ2n) is 5.89. The van der Waals surface area contributed by atoms with E-state index in [1.54, 1.807) is 0 Å². The topological polar surface area (TPSA) is 92.8 Å². The van der Waals surface area contributed by atoms with Crippen LogP contribution in [0.4, 0.5) is 20.2 Å². The number of benzene rings is 2. The van der Waals surface area contributed by atoms with Crippen LogP contribution < -0.4 is 9.62 Å². The third-order valence-electron chi connectivity index (χ3n) is 3.82. The van der Waals surface area contributed by atoms with Gasteiger partial charge in [0.1, 0.15) is 6.04 Å². The smallest absolute Gasteiger partial charge is 0.337 e. The Balaban J connectivity index is 2.26. The zero-order chi connectivity index (χ0) is 21.1. The molecular weight excluding hydrogens is 394 g/mol. The first-order chi connectivity index (χ1) is 13.0. The van der Waals surface area contributed by atoms with E-state index in [0.717, 1.165) is 18.4 Å². The number of nitrogens with one attached hydrogen (secondary N) is 1. The predicted molar refractivity (Wildman–Crippen MR) is 99.6 cm³/mol. The molecule has 10 heteroatoms. The average Bonchev–Trinajstić information content (AvgIpc) is 2.63. The summed E-state index contributed by atoms with van der Waals surface area (Å²) in [6.45, 7) is 1.31. The molecule has 2 rings (SSSR count). The highest BCUT2D eigenvalue weighted by Gasteiger charge is 2.29. The second-order valence-corrected chi connectivity index (χ2v) is 7.75. The van der Waals surface area contributed by atoms with Crippen molar-refractivity contribution >= 4 is 33.3 Å². The van der Waals surface area contributed by atoms with Crippen LogP contribution in [0.2, 0.25) is 0 Å². The van der Waals surface area contributed by atoms with Crippen molar-refractivity contribution in [2.45, 2.75) is 13.0 Å². The summed E-state index contributed by atoms with van der Waals surface area (Å²) in [6, 6.07) is 7.02. The number of esters is 1. The van der Waals surface area contributed by atoms with Crippen molar-refractivity contribution in [3.63, 3.8) is 0 Å². The van der Waals surface area contributed by atoms with Crippen LogP contribution in [0.15, 0.2) is 42.5 Å². The molecule has 28 heavy (non-hydrogen) atoms. The second kappa shape index (κ2) is 8.34. The number of rotatable bonds is 6. The van der Waals surface area contributed by atoms with E-state index in [4.69, 9.17) is 0 Å². The van der Waals surface area contributed by atoms with Gasteiger partial charge in [0.2, 0.25) is 15.9 Å². The number of amides is 1. The van der Waals surface area contributed by atoms with Crippen LogP contribution in [0, 0.1) is 11.6 Å². The van der Waals surface area contributed by atoms with Crippen LogP contribution in [-0.2, 0) is 19.6 Å². The number of hydrogen-bond donors (Lipinski definition) is 1. The molecule has 1 N–H and O–H groups in total. The molecule has 0 aromatic heterocycles. The normalized spacial score (nSPS) is 12.2. The van der Waals surface area contributed by atoms with E-state index in [0.29, 0.717) is 16.1 Å². The van der Waals surface area contributed by atoms with Crippen LogP contribution in [0.1, 0.15) is 17.3 Å². The van der Waals surface area contributed by atoms with Gasteiger partial charge in [-0.2, -0.15) is 0 Å². The molecule has 0 aliphatic carbocycles. The highest BCUT2D eigenvalue weighted by molar-refractivity contribution is 7.92. The van der Waals surface area contributed by atoms with Gasteiger partial charge < -0.3 is 10.1 Å². The Morgan fingerprint density at radius 3 is 2.18 bits per heavy atom. The maximum absolute atomic E-state index is 13.5. The van der Waals surface area contributed by atoms with Crippen molar-refractivity contribution in [2.75, 3.05) is 23.0 Å². The number of nitrogens with zero attached hydrogens (tertiary/aromatic N) is 1.